The quantitative estimate of drug-likeness (QED) is 0.255. The van der Waals surface area contributed by atoms with Gasteiger partial charge in [0.05, 0.1) is 5.71 Å². The van der Waals surface area contributed by atoms with Gasteiger partial charge in [0.2, 0.25) is 0 Å². The first-order chi connectivity index (χ1) is 16.9. The Kier molecular flexibility index (Phi) is 10.1. The summed E-state index contributed by atoms with van der Waals surface area (Å²) in [5.41, 5.74) is 10.1. The summed E-state index contributed by atoms with van der Waals surface area (Å²) in [6.07, 6.45) is 5.91. The van der Waals surface area contributed by atoms with E-state index in [1.165, 1.54) is 0 Å². The number of hydrogen-bond donors (Lipinski definition) is 1. The highest BCUT2D eigenvalue weighted by Gasteiger charge is 2.35. The van der Waals surface area contributed by atoms with E-state index in [2.05, 4.69) is 45.8 Å². The minimum Gasteiger partial charge on any atom is -0.366 e. The van der Waals surface area contributed by atoms with E-state index in [4.69, 9.17) is 0 Å². The Bertz CT molecular complexity index is 1100. The Labute approximate surface area is 220 Å². The van der Waals surface area contributed by atoms with Gasteiger partial charge in [-0.1, -0.05) is 52.0 Å². The van der Waals surface area contributed by atoms with Gasteiger partial charge in [-0.25, -0.2) is 4.39 Å². The Hall–Kier alpha value is -2.42. The lowest BCUT2D eigenvalue weighted by Crippen LogP contribution is -2.34. The molecule has 36 heavy (non-hydrogen) atoms. The molecule has 2 unspecified atom stereocenters. The van der Waals surface area contributed by atoms with Gasteiger partial charge in [0.1, 0.15) is 5.82 Å². The van der Waals surface area contributed by atoms with Gasteiger partial charge in [0.15, 0.2) is 0 Å². The highest BCUT2D eigenvalue weighted by molar-refractivity contribution is 6.15. The van der Waals surface area contributed by atoms with Gasteiger partial charge in [-0.3, -0.25) is 5.41 Å². The summed E-state index contributed by atoms with van der Waals surface area (Å²) in [6, 6.07) is 0.900. The van der Waals surface area contributed by atoms with Gasteiger partial charge in [0, 0.05) is 34.5 Å². The van der Waals surface area contributed by atoms with Gasteiger partial charge < -0.3 is 4.90 Å². The van der Waals surface area contributed by atoms with Crippen molar-refractivity contribution < 1.29 is 4.39 Å². The molecule has 2 nitrogen and oxygen atoms in total. The van der Waals surface area contributed by atoms with Crippen LogP contribution in [0.25, 0.3) is 5.70 Å². The van der Waals surface area contributed by atoms with Gasteiger partial charge in [-0.2, -0.15) is 0 Å². The zero-order valence-corrected chi connectivity index (χ0v) is 24.6. The topological polar surface area (TPSA) is 27.1 Å². The van der Waals surface area contributed by atoms with E-state index in [0.717, 1.165) is 82.4 Å². The fraction of sp³-hybridized carbons (Fsp3) is 0.545. The Morgan fingerprint density at radius 1 is 0.861 bits per heavy atom. The molecule has 1 aromatic rings. The van der Waals surface area contributed by atoms with Crippen molar-refractivity contribution in [3.63, 3.8) is 0 Å². The lowest BCUT2D eigenvalue weighted by Gasteiger charge is -2.36. The normalized spacial score (nSPS) is 18.2. The van der Waals surface area contributed by atoms with Crippen molar-refractivity contribution in [1.29, 1.82) is 5.41 Å². The van der Waals surface area contributed by atoms with Crippen molar-refractivity contribution in [1.82, 2.24) is 4.90 Å². The van der Waals surface area contributed by atoms with Gasteiger partial charge in [0.25, 0.3) is 0 Å². The predicted octanol–water partition coefficient (Wildman–Crippen LogP) is 9.50. The zero-order chi connectivity index (χ0) is 27.5. The molecule has 1 aliphatic heterocycles. The molecular weight excluding hydrogens is 443 g/mol. The Morgan fingerprint density at radius 2 is 1.33 bits per heavy atom. The van der Waals surface area contributed by atoms with Crippen molar-refractivity contribution in [2.75, 3.05) is 0 Å². The first-order valence-corrected chi connectivity index (χ1v) is 13.8. The molecule has 2 rings (SSSR count). The number of nitrogens with one attached hydrogen (secondary N) is 1. The fourth-order valence-electron chi connectivity index (χ4n) is 5.97. The summed E-state index contributed by atoms with van der Waals surface area (Å²) in [4.78, 5) is 2.48. The second-order valence-electron chi connectivity index (χ2n) is 10.7. The molecule has 1 fully saturated rings. The number of nitrogens with zero attached hydrogens (tertiary/aromatic N) is 1. The molecule has 3 heteroatoms. The van der Waals surface area contributed by atoms with Gasteiger partial charge >= 0.3 is 0 Å². The van der Waals surface area contributed by atoms with Crippen LogP contribution in [0.15, 0.2) is 41.0 Å². The average molecular weight is 493 g/mol. The van der Waals surface area contributed by atoms with Crippen LogP contribution in [-0.2, 0) is 12.8 Å². The third-order valence-corrected chi connectivity index (χ3v) is 8.40. The molecular formula is C33H49FN2. The smallest absolute Gasteiger partial charge is 0.136 e. The summed E-state index contributed by atoms with van der Waals surface area (Å²) in [7, 11) is 0. The highest BCUT2D eigenvalue weighted by atomic mass is 19.1. The molecule has 0 aromatic heterocycles. The molecule has 1 aliphatic rings. The molecule has 1 heterocycles. The molecule has 0 spiro atoms. The molecule has 0 saturated carbocycles. The molecule has 2 atom stereocenters. The molecule has 198 valence electrons. The van der Waals surface area contributed by atoms with Crippen LogP contribution in [0.5, 0.6) is 0 Å². The third-order valence-electron chi connectivity index (χ3n) is 8.40. The van der Waals surface area contributed by atoms with E-state index in [9.17, 15) is 5.41 Å². The van der Waals surface area contributed by atoms with E-state index in [1.807, 2.05) is 41.5 Å². The van der Waals surface area contributed by atoms with Crippen LogP contribution in [0.3, 0.4) is 0 Å². The number of allylic oxidation sites excluding steroid dienone is 5. The molecule has 0 radical (unpaired) electrons. The number of likely N-dealkylation sites (tertiary alicyclic amines) is 1. The highest BCUT2D eigenvalue weighted by Crippen LogP contribution is 2.41. The maximum absolute atomic E-state index is 16.5. The monoisotopic (exact) mass is 492 g/mol. The van der Waals surface area contributed by atoms with Crippen LogP contribution in [0.2, 0.25) is 0 Å². The second-order valence-corrected chi connectivity index (χ2v) is 10.7. The van der Waals surface area contributed by atoms with Crippen LogP contribution in [-0.4, -0.2) is 22.7 Å². The van der Waals surface area contributed by atoms with Gasteiger partial charge in [-0.05, 0) is 108 Å². The van der Waals surface area contributed by atoms with Crippen LogP contribution in [0.1, 0.15) is 116 Å². The van der Waals surface area contributed by atoms with Gasteiger partial charge in [-0.15, -0.1) is 0 Å². The zero-order valence-electron chi connectivity index (χ0n) is 24.6. The number of rotatable bonds is 10. The van der Waals surface area contributed by atoms with Crippen molar-refractivity contribution in [2.24, 2.45) is 0 Å². The Morgan fingerprint density at radius 3 is 1.72 bits per heavy atom. The predicted molar refractivity (Wildman–Crippen MR) is 157 cm³/mol. The third kappa shape index (κ3) is 5.31. The van der Waals surface area contributed by atoms with E-state index in [0.29, 0.717) is 29.6 Å². The van der Waals surface area contributed by atoms with Crippen molar-refractivity contribution >= 4 is 11.4 Å². The lowest BCUT2D eigenvalue weighted by atomic mass is 9.81. The summed E-state index contributed by atoms with van der Waals surface area (Å²) in [6.45, 7) is 29.4. The van der Waals surface area contributed by atoms with Crippen molar-refractivity contribution in [3.8, 4) is 0 Å². The maximum atomic E-state index is 16.5. The standard InChI is InChI=1S/C33H49FN2/c1-13-25-17-18-26(14-2)36(25)24(12)30-23(11)32(34)31(28(16-4)27(30)15-3)33(35)29(21(9)19(5)6)22(10)20(7)8/h25-26,35H,5,12-18H2,1-4,6-11H3/b29-21-,35-33?. The van der Waals surface area contributed by atoms with Crippen molar-refractivity contribution in [2.45, 2.75) is 120 Å². The summed E-state index contributed by atoms with van der Waals surface area (Å²) >= 11 is 0. The van der Waals surface area contributed by atoms with E-state index < -0.39 is 0 Å². The molecule has 0 aliphatic carbocycles. The van der Waals surface area contributed by atoms with Crippen molar-refractivity contribution in [3.05, 3.63) is 74.7 Å². The summed E-state index contributed by atoms with van der Waals surface area (Å²) < 4.78 is 16.5. The molecule has 0 amide bonds. The largest absolute Gasteiger partial charge is 0.366 e. The fourth-order valence-corrected chi connectivity index (χ4v) is 5.97. The summed E-state index contributed by atoms with van der Waals surface area (Å²) in [5.74, 6) is -0.279. The molecule has 1 saturated heterocycles. The SMILES string of the molecule is C=C(C)/C(C)=C(\C(=N)c1c(F)c(C)c(C(=C)N2C(CC)CCC2CC)c(CC)c1CC)C(C)=C(C)C. The number of hydrogen-bond acceptors (Lipinski definition) is 2. The molecule has 1 aromatic carbocycles. The number of halogens is 1. The lowest BCUT2D eigenvalue weighted by molar-refractivity contribution is 0.283. The minimum absolute atomic E-state index is 0.262. The van der Waals surface area contributed by atoms with E-state index in [1.54, 1.807) is 0 Å². The number of benzene rings is 1. The second kappa shape index (κ2) is 12.2. The van der Waals surface area contributed by atoms with E-state index >= 15 is 4.39 Å². The Balaban J connectivity index is 2.89. The molecule has 0 bridgehead atoms. The van der Waals surface area contributed by atoms with Crippen LogP contribution in [0.4, 0.5) is 4.39 Å². The van der Waals surface area contributed by atoms with Crippen LogP contribution < -0.4 is 0 Å². The first kappa shape index (κ1) is 29.8. The maximum Gasteiger partial charge on any atom is 0.136 e. The minimum atomic E-state index is -0.279. The molecule has 1 N–H and O–H groups in total. The van der Waals surface area contributed by atoms with Crippen LogP contribution >= 0.6 is 0 Å². The first-order valence-electron chi connectivity index (χ1n) is 13.8. The summed E-state index contributed by atoms with van der Waals surface area (Å²) in [5, 5.41) is 9.35. The van der Waals surface area contributed by atoms with Crippen LogP contribution in [0, 0.1) is 18.2 Å². The van der Waals surface area contributed by atoms with E-state index in [-0.39, 0.29) is 11.5 Å². The average Bonchev–Trinajstić information content (AvgIpc) is 3.27.